The van der Waals surface area contributed by atoms with Crippen LogP contribution in [0.4, 0.5) is 4.79 Å². The molecule has 27 heavy (non-hydrogen) atoms. The summed E-state index contributed by atoms with van der Waals surface area (Å²) < 4.78 is 6.65. The van der Waals surface area contributed by atoms with Gasteiger partial charge in [-0.25, -0.2) is 9.69 Å². The first-order chi connectivity index (χ1) is 12.9. The summed E-state index contributed by atoms with van der Waals surface area (Å²) in [6.45, 7) is -0.234. The summed E-state index contributed by atoms with van der Waals surface area (Å²) >= 11 is 2.13. The van der Waals surface area contributed by atoms with Gasteiger partial charge in [0.25, 0.3) is 5.91 Å². The standard InChI is InChI=1S/C19H15IN2O5/c20-14-8-13(6-7-16(14)27-11-12-4-2-1-3-5-12)9-15-18(25)22(10-17(23)24)19(26)21-15/h1-9H,10-11H2,(H,21,26)(H,23,24)/b15-9+. The first-order valence-corrected chi connectivity index (χ1v) is 9.04. The third-order valence-electron chi connectivity index (χ3n) is 3.76. The fraction of sp³-hybridized carbons (Fsp3) is 0.105. The second kappa shape index (κ2) is 8.21. The molecule has 7 nitrogen and oxygen atoms in total. The lowest BCUT2D eigenvalue weighted by atomic mass is 10.2. The highest BCUT2D eigenvalue weighted by molar-refractivity contribution is 14.1. The average molecular weight is 478 g/mol. The molecule has 1 aliphatic rings. The Morgan fingerprint density at radius 2 is 1.93 bits per heavy atom. The average Bonchev–Trinajstić information content (AvgIpc) is 2.89. The maximum absolute atomic E-state index is 12.2. The molecule has 0 unspecified atom stereocenters. The van der Waals surface area contributed by atoms with Gasteiger partial charge in [0.2, 0.25) is 0 Å². The van der Waals surface area contributed by atoms with Crippen LogP contribution < -0.4 is 10.1 Å². The van der Waals surface area contributed by atoms with Gasteiger partial charge in [0.15, 0.2) is 0 Å². The van der Waals surface area contributed by atoms with Crippen molar-refractivity contribution in [3.63, 3.8) is 0 Å². The highest BCUT2D eigenvalue weighted by Gasteiger charge is 2.34. The van der Waals surface area contributed by atoms with E-state index in [9.17, 15) is 14.4 Å². The number of nitrogens with zero attached hydrogens (tertiary/aromatic N) is 1. The predicted molar refractivity (Wildman–Crippen MR) is 106 cm³/mol. The number of rotatable bonds is 6. The number of urea groups is 1. The maximum Gasteiger partial charge on any atom is 0.329 e. The third-order valence-corrected chi connectivity index (χ3v) is 4.60. The van der Waals surface area contributed by atoms with E-state index in [1.807, 2.05) is 36.4 Å². The minimum absolute atomic E-state index is 0.0370. The number of nitrogens with one attached hydrogen (secondary N) is 1. The fourth-order valence-corrected chi connectivity index (χ4v) is 3.17. The first kappa shape index (κ1) is 18.9. The van der Waals surface area contributed by atoms with Crippen LogP contribution in [0.1, 0.15) is 11.1 Å². The van der Waals surface area contributed by atoms with Gasteiger partial charge in [-0.3, -0.25) is 9.59 Å². The van der Waals surface area contributed by atoms with E-state index in [-0.39, 0.29) is 5.70 Å². The van der Waals surface area contributed by atoms with Crippen molar-refractivity contribution in [1.29, 1.82) is 0 Å². The van der Waals surface area contributed by atoms with Crippen LogP contribution in [0.5, 0.6) is 5.75 Å². The van der Waals surface area contributed by atoms with Crippen molar-refractivity contribution in [2.24, 2.45) is 0 Å². The topological polar surface area (TPSA) is 95.9 Å². The second-order valence-corrected chi connectivity index (χ2v) is 6.90. The Morgan fingerprint density at radius 1 is 1.19 bits per heavy atom. The van der Waals surface area contributed by atoms with E-state index in [4.69, 9.17) is 9.84 Å². The van der Waals surface area contributed by atoms with Gasteiger partial charge in [0.05, 0.1) is 3.57 Å². The molecule has 3 amide bonds. The van der Waals surface area contributed by atoms with Gasteiger partial charge >= 0.3 is 12.0 Å². The van der Waals surface area contributed by atoms with Crippen LogP contribution in [0.3, 0.4) is 0 Å². The number of carbonyl (C=O) groups excluding carboxylic acids is 2. The van der Waals surface area contributed by atoms with Gasteiger partial charge in [-0.2, -0.15) is 0 Å². The number of hydrogen-bond acceptors (Lipinski definition) is 4. The Bertz CT molecular complexity index is 927. The molecule has 1 fully saturated rings. The van der Waals surface area contributed by atoms with Crippen molar-refractivity contribution in [3.8, 4) is 5.75 Å². The number of aliphatic carboxylic acids is 1. The van der Waals surface area contributed by atoms with E-state index in [0.717, 1.165) is 9.13 Å². The van der Waals surface area contributed by atoms with Gasteiger partial charge in [-0.15, -0.1) is 0 Å². The Labute approximate surface area is 168 Å². The molecule has 1 saturated heterocycles. The Balaban J connectivity index is 1.72. The summed E-state index contributed by atoms with van der Waals surface area (Å²) in [6.07, 6.45) is 1.51. The second-order valence-electron chi connectivity index (χ2n) is 5.74. The Morgan fingerprint density at radius 3 is 2.59 bits per heavy atom. The number of amides is 3. The summed E-state index contributed by atoms with van der Waals surface area (Å²) in [4.78, 5) is 35.3. The lowest BCUT2D eigenvalue weighted by molar-refractivity contribution is -0.140. The van der Waals surface area contributed by atoms with Crippen LogP contribution in [0, 0.1) is 3.57 Å². The van der Waals surface area contributed by atoms with Crippen LogP contribution in [0.15, 0.2) is 54.2 Å². The SMILES string of the molecule is O=C(O)CN1C(=O)N/C(=C/c2ccc(OCc3ccccc3)c(I)c2)C1=O. The van der Waals surface area contributed by atoms with E-state index in [1.54, 1.807) is 12.1 Å². The molecule has 2 aromatic carbocycles. The molecule has 0 atom stereocenters. The molecule has 0 bridgehead atoms. The molecule has 0 spiro atoms. The quantitative estimate of drug-likeness (QED) is 0.378. The monoisotopic (exact) mass is 478 g/mol. The zero-order chi connectivity index (χ0) is 19.4. The lowest BCUT2D eigenvalue weighted by Crippen LogP contribution is -2.35. The van der Waals surface area contributed by atoms with Crippen LogP contribution in [0.25, 0.3) is 6.08 Å². The number of carboxylic acid groups (broad SMARTS) is 1. The highest BCUT2D eigenvalue weighted by atomic mass is 127. The zero-order valence-corrected chi connectivity index (χ0v) is 16.2. The van der Waals surface area contributed by atoms with Crippen molar-refractivity contribution >= 4 is 46.6 Å². The molecule has 2 aromatic rings. The Hall–Kier alpha value is -2.88. The summed E-state index contributed by atoms with van der Waals surface area (Å²) in [5.41, 5.74) is 1.78. The number of benzene rings is 2. The zero-order valence-electron chi connectivity index (χ0n) is 14.0. The molecular formula is C19H15IN2O5. The number of imide groups is 1. The third kappa shape index (κ3) is 4.64. The summed E-state index contributed by atoms with van der Waals surface area (Å²) in [5, 5.41) is 11.2. The highest BCUT2D eigenvalue weighted by Crippen LogP contribution is 2.25. The van der Waals surface area contributed by atoms with E-state index < -0.39 is 24.5 Å². The van der Waals surface area contributed by atoms with E-state index in [1.165, 1.54) is 6.08 Å². The van der Waals surface area contributed by atoms with Crippen molar-refractivity contribution in [3.05, 3.63) is 68.9 Å². The summed E-state index contributed by atoms with van der Waals surface area (Å²) in [6, 6.07) is 14.4. The minimum Gasteiger partial charge on any atom is -0.488 e. The maximum atomic E-state index is 12.2. The molecule has 0 aliphatic carbocycles. The van der Waals surface area contributed by atoms with Gasteiger partial charge in [0, 0.05) is 0 Å². The van der Waals surface area contributed by atoms with E-state index >= 15 is 0 Å². The summed E-state index contributed by atoms with van der Waals surface area (Å²) in [7, 11) is 0. The van der Waals surface area contributed by atoms with E-state index in [2.05, 4.69) is 27.9 Å². The molecule has 3 rings (SSSR count). The molecule has 0 saturated carbocycles. The molecule has 138 valence electrons. The van der Waals surface area contributed by atoms with Crippen molar-refractivity contribution < 1.29 is 24.2 Å². The van der Waals surface area contributed by atoms with Crippen LogP contribution in [-0.4, -0.2) is 34.5 Å². The predicted octanol–water partition coefficient (Wildman–Crippen LogP) is 2.85. The van der Waals surface area contributed by atoms with Gasteiger partial charge < -0.3 is 15.2 Å². The largest absolute Gasteiger partial charge is 0.488 e. The lowest BCUT2D eigenvalue weighted by Gasteiger charge is -2.09. The van der Waals surface area contributed by atoms with Crippen molar-refractivity contribution in [1.82, 2.24) is 10.2 Å². The van der Waals surface area contributed by atoms with Crippen molar-refractivity contribution in [2.75, 3.05) is 6.54 Å². The normalized spacial score (nSPS) is 15.1. The molecular weight excluding hydrogens is 463 g/mol. The Kier molecular flexibility index (Phi) is 5.75. The minimum atomic E-state index is -1.26. The van der Waals surface area contributed by atoms with Gasteiger partial charge in [-0.05, 0) is 51.9 Å². The van der Waals surface area contributed by atoms with Crippen molar-refractivity contribution in [2.45, 2.75) is 6.61 Å². The molecule has 0 radical (unpaired) electrons. The molecule has 2 N–H and O–H groups in total. The molecule has 0 aromatic heterocycles. The van der Waals surface area contributed by atoms with Gasteiger partial charge in [-0.1, -0.05) is 36.4 Å². The fourth-order valence-electron chi connectivity index (χ4n) is 2.48. The molecule has 8 heteroatoms. The summed E-state index contributed by atoms with van der Waals surface area (Å²) in [5.74, 6) is -1.22. The smallest absolute Gasteiger partial charge is 0.329 e. The molecule has 1 heterocycles. The van der Waals surface area contributed by atoms with Gasteiger partial charge in [0.1, 0.15) is 24.6 Å². The number of carboxylic acids is 1. The molecule has 1 aliphatic heterocycles. The van der Waals surface area contributed by atoms with Crippen LogP contribution >= 0.6 is 22.6 Å². The number of ether oxygens (including phenoxy) is 1. The number of carbonyl (C=O) groups is 3. The van der Waals surface area contributed by atoms with Crippen LogP contribution in [-0.2, 0) is 16.2 Å². The number of halogens is 1. The first-order valence-electron chi connectivity index (χ1n) is 7.96. The van der Waals surface area contributed by atoms with Crippen LogP contribution in [0.2, 0.25) is 0 Å². The van der Waals surface area contributed by atoms with E-state index in [0.29, 0.717) is 22.8 Å². The number of hydrogen-bond donors (Lipinski definition) is 2.